The highest BCUT2D eigenvalue weighted by Crippen LogP contribution is 2.40. The number of benzene rings is 1. The minimum atomic E-state index is -0.0507. The predicted octanol–water partition coefficient (Wildman–Crippen LogP) is 2.17. The van der Waals surface area contributed by atoms with Gasteiger partial charge in [-0.1, -0.05) is 6.92 Å². The van der Waals surface area contributed by atoms with Crippen molar-refractivity contribution in [3.63, 3.8) is 0 Å². The first-order valence-corrected chi connectivity index (χ1v) is 8.90. The monoisotopic (exact) mass is 410 g/mol. The Morgan fingerprint density at radius 2 is 1.93 bits per heavy atom. The average Bonchev–Trinajstić information content (AvgIpc) is 3.06. The molecule has 8 nitrogen and oxygen atoms in total. The van der Waals surface area contributed by atoms with Crippen molar-refractivity contribution >= 4 is 24.1 Å². The molecule has 1 aliphatic heterocycles. The Labute approximate surface area is 170 Å². The first-order chi connectivity index (χ1) is 13.1. The van der Waals surface area contributed by atoms with Crippen LogP contribution in [-0.2, 0) is 11.3 Å². The number of nitrogens with one attached hydrogen (secondary N) is 2. The summed E-state index contributed by atoms with van der Waals surface area (Å²) in [6.07, 6.45) is 1.67. The third-order valence-electron chi connectivity index (χ3n) is 5.01. The van der Waals surface area contributed by atoms with Crippen molar-refractivity contribution in [1.29, 1.82) is 0 Å². The van der Waals surface area contributed by atoms with Crippen LogP contribution in [0.15, 0.2) is 24.4 Å². The smallest absolute Gasteiger partial charge is 0.228 e. The molecule has 154 valence electrons. The number of halogens is 1. The van der Waals surface area contributed by atoms with E-state index in [4.69, 9.17) is 14.2 Å². The zero-order chi connectivity index (χ0) is 19.4. The third-order valence-corrected chi connectivity index (χ3v) is 5.01. The quantitative estimate of drug-likeness (QED) is 0.693. The van der Waals surface area contributed by atoms with Crippen molar-refractivity contribution in [3.8, 4) is 17.2 Å². The van der Waals surface area contributed by atoms with Crippen LogP contribution in [0.1, 0.15) is 12.5 Å². The summed E-state index contributed by atoms with van der Waals surface area (Å²) in [6, 6.07) is 5.51. The van der Waals surface area contributed by atoms with Gasteiger partial charge in [-0.2, -0.15) is 5.10 Å². The molecule has 1 amide bonds. The fourth-order valence-electron chi connectivity index (χ4n) is 3.13. The first kappa shape index (κ1) is 21.8. The van der Waals surface area contributed by atoms with Crippen LogP contribution >= 0.6 is 12.4 Å². The van der Waals surface area contributed by atoms with Crippen LogP contribution in [0.3, 0.4) is 0 Å². The van der Waals surface area contributed by atoms with E-state index < -0.39 is 0 Å². The molecule has 0 radical (unpaired) electrons. The van der Waals surface area contributed by atoms with Crippen LogP contribution in [0, 0.1) is 11.8 Å². The summed E-state index contributed by atoms with van der Waals surface area (Å²) >= 11 is 0. The summed E-state index contributed by atoms with van der Waals surface area (Å²) in [5.41, 5.74) is 0.866. The molecular weight excluding hydrogens is 384 g/mol. The number of carbonyl (C=O) groups is 1. The summed E-state index contributed by atoms with van der Waals surface area (Å²) in [4.78, 5) is 12.5. The molecule has 0 aliphatic carbocycles. The largest absolute Gasteiger partial charge is 0.493 e. The number of amides is 1. The van der Waals surface area contributed by atoms with Crippen LogP contribution in [0.4, 0.5) is 5.82 Å². The normalized spacial score (nSPS) is 14.4. The molecule has 3 rings (SSSR count). The maximum atomic E-state index is 12.5. The van der Waals surface area contributed by atoms with Gasteiger partial charge in [0.2, 0.25) is 11.7 Å². The van der Waals surface area contributed by atoms with Gasteiger partial charge < -0.3 is 24.8 Å². The molecule has 0 spiro atoms. The Morgan fingerprint density at radius 3 is 2.50 bits per heavy atom. The molecule has 1 aromatic carbocycles. The zero-order valence-electron chi connectivity index (χ0n) is 16.5. The zero-order valence-corrected chi connectivity index (χ0v) is 17.3. The number of carbonyl (C=O) groups excluding carboxylic acids is 1. The Morgan fingerprint density at radius 1 is 1.21 bits per heavy atom. The molecule has 28 heavy (non-hydrogen) atoms. The van der Waals surface area contributed by atoms with Gasteiger partial charge in [0.1, 0.15) is 5.82 Å². The minimum absolute atomic E-state index is 0. The predicted molar refractivity (Wildman–Crippen MR) is 109 cm³/mol. The van der Waals surface area contributed by atoms with Gasteiger partial charge in [-0.05, 0) is 31.1 Å². The molecular formula is C19H27ClN4O4. The highest BCUT2D eigenvalue weighted by Gasteiger charge is 2.29. The summed E-state index contributed by atoms with van der Waals surface area (Å²) < 4.78 is 18.0. The Kier molecular flexibility index (Phi) is 7.53. The van der Waals surface area contributed by atoms with Gasteiger partial charge >= 0.3 is 0 Å². The summed E-state index contributed by atoms with van der Waals surface area (Å²) in [7, 11) is 4.73. The van der Waals surface area contributed by atoms with Crippen LogP contribution in [0.25, 0.3) is 0 Å². The maximum Gasteiger partial charge on any atom is 0.228 e. The van der Waals surface area contributed by atoms with Crippen LogP contribution in [0.2, 0.25) is 0 Å². The lowest BCUT2D eigenvalue weighted by Gasteiger charge is -2.31. The van der Waals surface area contributed by atoms with Gasteiger partial charge in [0.25, 0.3) is 0 Å². The van der Waals surface area contributed by atoms with Gasteiger partial charge in [0.05, 0.1) is 34.1 Å². The number of rotatable bonds is 8. The van der Waals surface area contributed by atoms with Gasteiger partial charge in [-0.25, -0.2) is 4.68 Å². The second-order valence-corrected chi connectivity index (χ2v) is 6.56. The highest BCUT2D eigenvalue weighted by molar-refractivity contribution is 5.91. The molecule has 0 saturated carbocycles. The molecule has 1 atom stereocenters. The number of nitrogens with zero attached hydrogens (tertiary/aromatic N) is 2. The molecule has 1 fully saturated rings. The average molecular weight is 411 g/mol. The topological polar surface area (TPSA) is 86.6 Å². The molecule has 2 aromatic rings. The molecule has 2 heterocycles. The van der Waals surface area contributed by atoms with Crippen LogP contribution < -0.4 is 24.8 Å². The number of hydrogen-bond donors (Lipinski definition) is 2. The second-order valence-electron chi connectivity index (χ2n) is 6.56. The lowest BCUT2D eigenvalue weighted by molar-refractivity contribution is -0.121. The third kappa shape index (κ3) is 4.34. The number of hydrogen-bond acceptors (Lipinski definition) is 6. The maximum absolute atomic E-state index is 12.5. The lowest BCUT2D eigenvalue weighted by Crippen LogP contribution is -2.48. The Bertz CT molecular complexity index is 807. The van der Waals surface area contributed by atoms with Gasteiger partial charge in [-0.15, -0.1) is 12.4 Å². The van der Waals surface area contributed by atoms with E-state index in [0.29, 0.717) is 35.5 Å². The lowest BCUT2D eigenvalue weighted by atomic mass is 9.88. The Hall–Kier alpha value is -2.45. The van der Waals surface area contributed by atoms with E-state index in [1.807, 2.05) is 19.1 Å². The van der Waals surface area contributed by atoms with Crippen LogP contribution in [-0.4, -0.2) is 50.1 Å². The second kappa shape index (κ2) is 9.66. The van der Waals surface area contributed by atoms with Crippen molar-refractivity contribution < 1.29 is 19.0 Å². The van der Waals surface area contributed by atoms with Gasteiger partial charge in [0.15, 0.2) is 11.5 Å². The van der Waals surface area contributed by atoms with Gasteiger partial charge in [-0.3, -0.25) is 4.79 Å². The van der Waals surface area contributed by atoms with E-state index in [0.717, 1.165) is 18.7 Å². The molecule has 1 aromatic heterocycles. The first-order valence-electron chi connectivity index (χ1n) is 8.90. The fourth-order valence-corrected chi connectivity index (χ4v) is 3.13. The summed E-state index contributed by atoms with van der Waals surface area (Å²) in [5.74, 6) is 2.69. The van der Waals surface area contributed by atoms with Crippen molar-refractivity contribution in [3.05, 3.63) is 30.0 Å². The van der Waals surface area contributed by atoms with Crippen molar-refractivity contribution in [2.24, 2.45) is 11.8 Å². The number of methoxy groups -OCH3 is 3. The van der Waals surface area contributed by atoms with Crippen LogP contribution in [0.5, 0.6) is 17.2 Å². The van der Waals surface area contributed by atoms with E-state index in [1.165, 1.54) is 0 Å². The van der Waals surface area contributed by atoms with Crippen molar-refractivity contribution in [2.75, 3.05) is 39.7 Å². The summed E-state index contributed by atoms with van der Waals surface area (Å²) in [5, 5.41) is 10.5. The standard InChI is InChI=1S/C19H26N4O4.ClH/c1-12(14-9-20-10-14)19(24)22-16-7-8-21-23(16)11-13-5-6-15(25-2)18(27-4)17(13)26-3;/h5-8,12,14,20H,9-11H2,1-4H3,(H,22,24);1H. The molecule has 1 unspecified atom stereocenters. The van der Waals surface area contributed by atoms with Crippen molar-refractivity contribution in [2.45, 2.75) is 13.5 Å². The van der Waals surface area contributed by atoms with E-state index in [9.17, 15) is 4.79 Å². The highest BCUT2D eigenvalue weighted by atomic mass is 35.5. The van der Waals surface area contributed by atoms with E-state index in [2.05, 4.69) is 15.7 Å². The number of ether oxygens (including phenoxy) is 3. The van der Waals surface area contributed by atoms with E-state index >= 15 is 0 Å². The van der Waals surface area contributed by atoms with Gasteiger partial charge in [0, 0.05) is 17.5 Å². The molecule has 1 saturated heterocycles. The number of anilines is 1. The molecule has 1 aliphatic rings. The number of aromatic nitrogens is 2. The van der Waals surface area contributed by atoms with E-state index in [-0.39, 0.29) is 24.2 Å². The Balaban J connectivity index is 0.00000280. The fraction of sp³-hybridized carbons (Fsp3) is 0.474. The SMILES string of the molecule is COc1ccc(Cn2nccc2NC(=O)C(C)C2CNC2)c(OC)c1OC.Cl. The molecule has 9 heteroatoms. The summed E-state index contributed by atoms with van der Waals surface area (Å²) in [6.45, 7) is 4.15. The van der Waals surface area contributed by atoms with E-state index in [1.54, 1.807) is 38.3 Å². The molecule has 2 N–H and O–H groups in total. The molecule has 0 bridgehead atoms. The minimum Gasteiger partial charge on any atom is -0.493 e. The van der Waals surface area contributed by atoms with Crippen molar-refractivity contribution in [1.82, 2.24) is 15.1 Å².